The second kappa shape index (κ2) is 10.3. The van der Waals surface area contributed by atoms with Crippen LogP contribution < -0.4 is 5.32 Å². The van der Waals surface area contributed by atoms with E-state index in [0.717, 1.165) is 0 Å². The molecule has 164 valence electrons. The maximum atomic E-state index is 14.9. The Morgan fingerprint density at radius 3 is 2.03 bits per heavy atom. The van der Waals surface area contributed by atoms with Gasteiger partial charge in [-0.05, 0) is 34.6 Å². The lowest BCUT2D eigenvalue weighted by atomic mass is 10.0. The standard InChI is InChI=1S/C19H28F2NO6P/c1-6-26-29(25,27-7-2)19(20,21)13-15(22-17(24)28-18(3,4)5)16(23)14-11-9-8-10-12-14/h8-12,15H,6-7,13H2,1-5H3,(H,22,24)/t15-/m1/s1. The van der Waals surface area contributed by atoms with Crippen LogP contribution in [-0.4, -0.2) is 42.4 Å². The van der Waals surface area contributed by atoms with Crippen molar-refractivity contribution >= 4 is 19.5 Å². The van der Waals surface area contributed by atoms with Gasteiger partial charge in [-0.2, -0.15) is 8.78 Å². The third kappa shape index (κ3) is 7.49. The minimum absolute atomic E-state index is 0.104. The smallest absolute Gasteiger partial charge is 0.408 e. The summed E-state index contributed by atoms with van der Waals surface area (Å²) in [5, 5.41) is 2.16. The molecule has 1 aromatic carbocycles. The summed E-state index contributed by atoms with van der Waals surface area (Å²) < 4.78 is 56.9. The molecule has 0 aromatic heterocycles. The quantitative estimate of drug-likeness (QED) is 0.410. The summed E-state index contributed by atoms with van der Waals surface area (Å²) in [6, 6.07) is 5.91. The van der Waals surface area contributed by atoms with E-state index in [1.807, 2.05) is 0 Å². The zero-order valence-corrected chi connectivity index (χ0v) is 18.1. The van der Waals surface area contributed by atoms with E-state index in [9.17, 15) is 22.9 Å². The number of nitrogens with one attached hydrogen (secondary N) is 1. The Balaban J connectivity index is 3.20. The van der Waals surface area contributed by atoms with E-state index in [-0.39, 0.29) is 18.8 Å². The number of ketones is 1. The highest BCUT2D eigenvalue weighted by molar-refractivity contribution is 7.55. The first-order valence-corrected chi connectivity index (χ1v) is 10.7. The molecule has 10 heteroatoms. The molecule has 0 spiro atoms. The Labute approximate surface area is 169 Å². The monoisotopic (exact) mass is 435 g/mol. The van der Waals surface area contributed by atoms with Crippen LogP contribution in [-0.2, 0) is 18.3 Å². The minimum Gasteiger partial charge on any atom is -0.444 e. The number of benzene rings is 1. The molecule has 29 heavy (non-hydrogen) atoms. The average molecular weight is 435 g/mol. The normalized spacial score (nSPS) is 13.6. The van der Waals surface area contributed by atoms with Gasteiger partial charge in [0.05, 0.1) is 19.6 Å². The Morgan fingerprint density at radius 2 is 1.59 bits per heavy atom. The molecule has 1 amide bonds. The van der Waals surface area contributed by atoms with Crippen molar-refractivity contribution in [1.29, 1.82) is 0 Å². The number of alkyl carbamates (subject to hydrolysis) is 1. The number of alkyl halides is 2. The largest absolute Gasteiger partial charge is 0.444 e. The van der Waals surface area contributed by atoms with Gasteiger partial charge < -0.3 is 19.1 Å². The fourth-order valence-electron chi connectivity index (χ4n) is 2.39. The Hall–Kier alpha value is -1.83. The SMILES string of the molecule is CCOP(=O)(OCC)C(F)(F)C[C@@H](NC(=O)OC(C)(C)C)C(=O)c1ccccc1. The zero-order valence-electron chi connectivity index (χ0n) is 17.2. The Kier molecular flexibility index (Phi) is 8.93. The summed E-state index contributed by atoms with van der Waals surface area (Å²) in [6.45, 7) is 7.02. The van der Waals surface area contributed by atoms with Gasteiger partial charge in [-0.15, -0.1) is 0 Å². The van der Waals surface area contributed by atoms with Gasteiger partial charge >= 0.3 is 19.4 Å². The molecule has 0 unspecified atom stereocenters. The molecule has 1 atom stereocenters. The lowest BCUT2D eigenvalue weighted by molar-refractivity contribution is 0.0180. The van der Waals surface area contributed by atoms with Crippen LogP contribution in [0.1, 0.15) is 51.4 Å². The van der Waals surface area contributed by atoms with Crippen molar-refractivity contribution in [3.05, 3.63) is 35.9 Å². The number of carbonyl (C=O) groups is 2. The van der Waals surface area contributed by atoms with E-state index >= 15 is 0 Å². The van der Waals surface area contributed by atoms with Crippen LogP contribution in [0.3, 0.4) is 0 Å². The number of carbonyl (C=O) groups excluding carboxylic acids is 2. The number of Topliss-reactive ketones (excluding diaryl/α,β-unsaturated/α-hetero) is 1. The summed E-state index contributed by atoms with van der Waals surface area (Å²) in [5.41, 5.74) is -4.82. The van der Waals surface area contributed by atoms with E-state index in [1.54, 1.807) is 39.0 Å². The maximum absolute atomic E-state index is 14.9. The van der Waals surface area contributed by atoms with Gasteiger partial charge in [0.2, 0.25) is 0 Å². The van der Waals surface area contributed by atoms with E-state index < -0.39 is 43.2 Å². The summed E-state index contributed by atoms with van der Waals surface area (Å²) in [4.78, 5) is 24.9. The van der Waals surface area contributed by atoms with Crippen molar-refractivity contribution < 1.29 is 36.7 Å². The van der Waals surface area contributed by atoms with Gasteiger partial charge in [0, 0.05) is 5.56 Å². The topological polar surface area (TPSA) is 90.9 Å². The Bertz CT molecular complexity index is 726. The molecular weight excluding hydrogens is 407 g/mol. The van der Waals surface area contributed by atoms with Crippen molar-refractivity contribution in [2.75, 3.05) is 13.2 Å². The molecule has 0 saturated carbocycles. The number of rotatable bonds is 10. The lowest BCUT2D eigenvalue weighted by Crippen LogP contribution is -2.46. The van der Waals surface area contributed by atoms with Gasteiger partial charge in [0.1, 0.15) is 11.6 Å². The average Bonchev–Trinajstić information content (AvgIpc) is 2.59. The number of hydrogen-bond acceptors (Lipinski definition) is 6. The van der Waals surface area contributed by atoms with Crippen LogP contribution in [0.15, 0.2) is 30.3 Å². The third-order valence-electron chi connectivity index (χ3n) is 3.51. The van der Waals surface area contributed by atoms with Gasteiger partial charge in [-0.3, -0.25) is 9.36 Å². The van der Waals surface area contributed by atoms with E-state index in [1.165, 1.54) is 26.0 Å². The van der Waals surface area contributed by atoms with Gasteiger partial charge in [0.25, 0.3) is 0 Å². The molecule has 0 aliphatic rings. The molecule has 0 bridgehead atoms. The molecule has 0 saturated heterocycles. The highest BCUT2D eigenvalue weighted by atomic mass is 31.2. The first-order chi connectivity index (χ1) is 13.3. The van der Waals surface area contributed by atoms with Crippen molar-refractivity contribution in [2.45, 2.75) is 58.3 Å². The fraction of sp³-hybridized carbons (Fsp3) is 0.579. The van der Waals surface area contributed by atoms with Gasteiger partial charge in [0.15, 0.2) is 5.78 Å². The summed E-state index contributed by atoms with van der Waals surface area (Å²) in [7, 11) is -4.87. The van der Waals surface area contributed by atoms with Gasteiger partial charge in [-0.25, -0.2) is 4.79 Å². The predicted octanol–water partition coefficient (Wildman–Crippen LogP) is 5.01. The predicted molar refractivity (Wildman–Crippen MR) is 104 cm³/mol. The first-order valence-electron chi connectivity index (χ1n) is 9.21. The van der Waals surface area contributed by atoms with Crippen LogP contribution in [0.5, 0.6) is 0 Å². The molecule has 0 radical (unpaired) electrons. The highest BCUT2D eigenvalue weighted by Crippen LogP contribution is 2.63. The second-order valence-electron chi connectivity index (χ2n) is 7.13. The number of hydrogen-bond donors (Lipinski definition) is 1. The first kappa shape index (κ1) is 25.2. The van der Waals surface area contributed by atoms with E-state index in [4.69, 9.17) is 13.8 Å². The highest BCUT2D eigenvalue weighted by Gasteiger charge is 2.55. The van der Waals surface area contributed by atoms with Crippen LogP contribution in [0.4, 0.5) is 13.6 Å². The third-order valence-corrected chi connectivity index (χ3v) is 5.69. The van der Waals surface area contributed by atoms with Crippen molar-refractivity contribution in [1.82, 2.24) is 5.32 Å². The fourth-order valence-corrected chi connectivity index (χ4v) is 3.92. The zero-order chi connectivity index (χ0) is 22.3. The number of halogens is 2. The number of ether oxygens (including phenoxy) is 1. The molecule has 1 aromatic rings. The molecule has 0 aliphatic heterocycles. The van der Waals surface area contributed by atoms with Crippen LogP contribution >= 0.6 is 7.60 Å². The molecule has 0 aliphatic carbocycles. The molecule has 0 fully saturated rings. The minimum atomic E-state index is -4.87. The summed E-state index contributed by atoms with van der Waals surface area (Å²) in [5.74, 6) is -0.782. The van der Waals surface area contributed by atoms with Crippen molar-refractivity contribution in [3.63, 3.8) is 0 Å². The summed E-state index contributed by atoms with van der Waals surface area (Å²) >= 11 is 0. The maximum Gasteiger partial charge on any atom is 0.408 e. The van der Waals surface area contributed by atoms with Gasteiger partial charge in [-0.1, -0.05) is 30.3 Å². The van der Waals surface area contributed by atoms with Crippen molar-refractivity contribution in [2.24, 2.45) is 0 Å². The van der Waals surface area contributed by atoms with E-state index in [0.29, 0.717) is 0 Å². The number of amides is 1. The molecule has 7 nitrogen and oxygen atoms in total. The summed E-state index contributed by atoms with van der Waals surface area (Å²) in [6.07, 6.45) is -2.33. The van der Waals surface area contributed by atoms with E-state index in [2.05, 4.69) is 5.32 Å². The second-order valence-corrected chi connectivity index (χ2v) is 9.30. The van der Waals surface area contributed by atoms with Crippen LogP contribution in [0, 0.1) is 0 Å². The van der Waals surface area contributed by atoms with Crippen LogP contribution in [0.2, 0.25) is 0 Å². The molecule has 1 N–H and O–H groups in total. The lowest BCUT2D eigenvalue weighted by Gasteiger charge is -2.29. The van der Waals surface area contributed by atoms with Crippen LogP contribution in [0.25, 0.3) is 0 Å². The van der Waals surface area contributed by atoms with Crippen molar-refractivity contribution in [3.8, 4) is 0 Å². The Morgan fingerprint density at radius 1 is 1.07 bits per heavy atom. The molecule has 0 heterocycles. The molecular formula is C19H28F2NO6P. The molecule has 1 rings (SSSR count).